The van der Waals surface area contributed by atoms with Crippen LogP contribution >= 0.6 is 0 Å². The maximum absolute atomic E-state index is 9.03. The van der Waals surface area contributed by atoms with Crippen LogP contribution in [0.2, 0.25) is 0 Å². The first-order valence-corrected chi connectivity index (χ1v) is 4.71. The molecule has 1 atom stereocenters. The molecule has 14 heavy (non-hydrogen) atoms. The summed E-state index contributed by atoms with van der Waals surface area (Å²) >= 11 is 0. The summed E-state index contributed by atoms with van der Waals surface area (Å²) in [5.74, 6) is 0. The first kappa shape index (κ1) is 11.1. The van der Waals surface area contributed by atoms with Crippen LogP contribution < -0.4 is 5.32 Å². The van der Waals surface area contributed by atoms with E-state index in [4.69, 9.17) is 10.2 Å². The van der Waals surface area contributed by atoms with Crippen LogP contribution in [0.1, 0.15) is 5.56 Å². The molecule has 0 saturated carbocycles. The number of hydrogen-bond acceptors (Lipinski definition) is 4. The summed E-state index contributed by atoms with van der Waals surface area (Å²) in [7, 11) is 0. The van der Waals surface area contributed by atoms with Gasteiger partial charge in [0.1, 0.15) is 0 Å². The van der Waals surface area contributed by atoms with Crippen molar-refractivity contribution in [2.75, 3.05) is 19.7 Å². The standard InChI is InChI=1S/C10H16N2O2/c13-8-10(14)7-12-5-3-9-2-1-4-11-6-9/h1-2,4,6,10,12-14H,3,5,7-8H2. The van der Waals surface area contributed by atoms with Crippen LogP contribution in [0, 0.1) is 0 Å². The third-order valence-electron chi connectivity index (χ3n) is 1.90. The maximum Gasteiger partial charge on any atom is 0.0894 e. The van der Waals surface area contributed by atoms with E-state index in [1.165, 1.54) is 5.56 Å². The molecule has 1 heterocycles. The molecule has 1 aromatic heterocycles. The topological polar surface area (TPSA) is 65.4 Å². The summed E-state index contributed by atoms with van der Waals surface area (Å²) in [6, 6.07) is 3.91. The highest BCUT2D eigenvalue weighted by Gasteiger charge is 1.99. The first-order chi connectivity index (χ1) is 6.83. The van der Waals surface area contributed by atoms with Gasteiger partial charge in [0, 0.05) is 18.9 Å². The molecule has 0 bridgehead atoms. The van der Waals surface area contributed by atoms with E-state index in [0.717, 1.165) is 13.0 Å². The number of nitrogens with one attached hydrogen (secondary N) is 1. The lowest BCUT2D eigenvalue weighted by Crippen LogP contribution is -2.30. The fraction of sp³-hybridized carbons (Fsp3) is 0.500. The molecule has 1 unspecified atom stereocenters. The van der Waals surface area contributed by atoms with Crippen molar-refractivity contribution >= 4 is 0 Å². The van der Waals surface area contributed by atoms with Gasteiger partial charge in [-0.05, 0) is 24.6 Å². The highest BCUT2D eigenvalue weighted by molar-refractivity contribution is 5.08. The molecule has 4 heteroatoms. The molecule has 0 saturated heterocycles. The Morgan fingerprint density at radius 2 is 2.36 bits per heavy atom. The largest absolute Gasteiger partial charge is 0.394 e. The Labute approximate surface area is 83.6 Å². The minimum atomic E-state index is -0.663. The van der Waals surface area contributed by atoms with E-state index in [-0.39, 0.29) is 6.61 Å². The van der Waals surface area contributed by atoms with Crippen LogP contribution in [-0.2, 0) is 6.42 Å². The first-order valence-electron chi connectivity index (χ1n) is 4.71. The normalized spacial score (nSPS) is 12.7. The van der Waals surface area contributed by atoms with E-state index in [1.54, 1.807) is 6.20 Å². The lowest BCUT2D eigenvalue weighted by Gasteiger charge is -2.08. The van der Waals surface area contributed by atoms with Gasteiger partial charge in [0.15, 0.2) is 0 Å². The Kier molecular flexibility index (Phi) is 5.14. The highest BCUT2D eigenvalue weighted by Crippen LogP contribution is 1.95. The van der Waals surface area contributed by atoms with Crippen molar-refractivity contribution < 1.29 is 10.2 Å². The molecule has 0 fully saturated rings. The average molecular weight is 196 g/mol. The third kappa shape index (κ3) is 4.32. The lowest BCUT2D eigenvalue weighted by molar-refractivity contribution is 0.0947. The molecule has 0 amide bonds. The van der Waals surface area contributed by atoms with Gasteiger partial charge < -0.3 is 15.5 Å². The zero-order valence-electron chi connectivity index (χ0n) is 8.06. The monoisotopic (exact) mass is 196 g/mol. The SMILES string of the molecule is OCC(O)CNCCc1cccnc1. The van der Waals surface area contributed by atoms with Gasteiger partial charge in [0.25, 0.3) is 0 Å². The van der Waals surface area contributed by atoms with E-state index < -0.39 is 6.10 Å². The van der Waals surface area contributed by atoms with Gasteiger partial charge in [-0.25, -0.2) is 0 Å². The minimum absolute atomic E-state index is 0.195. The number of hydrogen-bond donors (Lipinski definition) is 3. The zero-order valence-corrected chi connectivity index (χ0v) is 8.06. The van der Waals surface area contributed by atoms with Crippen molar-refractivity contribution in [1.29, 1.82) is 0 Å². The number of aliphatic hydroxyl groups is 2. The molecular formula is C10H16N2O2. The van der Waals surface area contributed by atoms with Crippen LogP contribution in [0.3, 0.4) is 0 Å². The van der Waals surface area contributed by atoms with Gasteiger partial charge in [-0.15, -0.1) is 0 Å². The van der Waals surface area contributed by atoms with Crippen molar-refractivity contribution in [3.8, 4) is 0 Å². The van der Waals surface area contributed by atoms with Crippen LogP contribution in [-0.4, -0.2) is 41.0 Å². The Hall–Kier alpha value is -0.970. The molecule has 1 aromatic rings. The minimum Gasteiger partial charge on any atom is -0.394 e. The number of rotatable bonds is 6. The Morgan fingerprint density at radius 3 is 3.00 bits per heavy atom. The summed E-state index contributed by atoms with van der Waals surface area (Å²) in [6.07, 6.45) is 3.78. The van der Waals surface area contributed by atoms with E-state index in [0.29, 0.717) is 6.54 Å². The van der Waals surface area contributed by atoms with Crippen molar-refractivity contribution in [1.82, 2.24) is 10.3 Å². The van der Waals surface area contributed by atoms with Crippen molar-refractivity contribution in [2.24, 2.45) is 0 Å². The van der Waals surface area contributed by atoms with Gasteiger partial charge >= 0.3 is 0 Å². The maximum atomic E-state index is 9.03. The number of aromatic nitrogens is 1. The molecule has 78 valence electrons. The summed E-state index contributed by atoms with van der Waals surface area (Å²) in [4.78, 5) is 4.00. The van der Waals surface area contributed by atoms with E-state index in [1.807, 2.05) is 18.3 Å². The predicted molar refractivity (Wildman–Crippen MR) is 53.9 cm³/mol. The molecule has 0 aliphatic heterocycles. The summed E-state index contributed by atoms with van der Waals surface area (Å²) in [5, 5.41) is 20.6. The highest BCUT2D eigenvalue weighted by atomic mass is 16.3. The molecule has 3 N–H and O–H groups in total. The molecular weight excluding hydrogens is 180 g/mol. The number of nitrogens with zero attached hydrogens (tertiary/aromatic N) is 1. The molecule has 0 aromatic carbocycles. The van der Waals surface area contributed by atoms with Crippen molar-refractivity contribution in [3.63, 3.8) is 0 Å². The van der Waals surface area contributed by atoms with Crippen LogP contribution in [0.15, 0.2) is 24.5 Å². The zero-order chi connectivity index (χ0) is 10.2. The number of aliphatic hydroxyl groups excluding tert-OH is 2. The fourth-order valence-corrected chi connectivity index (χ4v) is 1.11. The van der Waals surface area contributed by atoms with E-state index in [2.05, 4.69) is 10.3 Å². The smallest absolute Gasteiger partial charge is 0.0894 e. The molecule has 0 radical (unpaired) electrons. The molecule has 0 aliphatic rings. The van der Waals surface area contributed by atoms with Crippen LogP contribution in [0.25, 0.3) is 0 Å². The van der Waals surface area contributed by atoms with E-state index >= 15 is 0 Å². The lowest BCUT2D eigenvalue weighted by atomic mass is 10.2. The van der Waals surface area contributed by atoms with Gasteiger partial charge in [0.2, 0.25) is 0 Å². The fourth-order valence-electron chi connectivity index (χ4n) is 1.11. The average Bonchev–Trinajstić information content (AvgIpc) is 2.25. The second-order valence-corrected chi connectivity index (χ2v) is 3.15. The van der Waals surface area contributed by atoms with Gasteiger partial charge in [-0.1, -0.05) is 6.07 Å². The van der Waals surface area contributed by atoms with Gasteiger partial charge in [-0.3, -0.25) is 4.98 Å². The molecule has 0 aliphatic carbocycles. The quantitative estimate of drug-likeness (QED) is 0.540. The van der Waals surface area contributed by atoms with Gasteiger partial charge in [-0.2, -0.15) is 0 Å². The van der Waals surface area contributed by atoms with Crippen LogP contribution in [0.5, 0.6) is 0 Å². The molecule has 0 spiro atoms. The summed E-state index contributed by atoms with van der Waals surface area (Å²) in [6.45, 7) is 1.01. The number of pyridine rings is 1. The second-order valence-electron chi connectivity index (χ2n) is 3.15. The van der Waals surface area contributed by atoms with Gasteiger partial charge in [0.05, 0.1) is 12.7 Å². The molecule has 4 nitrogen and oxygen atoms in total. The van der Waals surface area contributed by atoms with E-state index in [9.17, 15) is 0 Å². The second kappa shape index (κ2) is 6.48. The third-order valence-corrected chi connectivity index (χ3v) is 1.90. The van der Waals surface area contributed by atoms with Crippen LogP contribution in [0.4, 0.5) is 0 Å². The Bertz CT molecular complexity index is 241. The van der Waals surface area contributed by atoms with Crippen molar-refractivity contribution in [2.45, 2.75) is 12.5 Å². The molecule has 1 rings (SSSR count). The Balaban J connectivity index is 2.10. The predicted octanol–water partition coefficient (Wildman–Crippen LogP) is -0.433. The Morgan fingerprint density at radius 1 is 1.50 bits per heavy atom. The van der Waals surface area contributed by atoms with Crippen molar-refractivity contribution in [3.05, 3.63) is 30.1 Å². The summed E-state index contributed by atoms with van der Waals surface area (Å²) < 4.78 is 0. The summed E-state index contributed by atoms with van der Waals surface area (Å²) in [5.41, 5.74) is 1.17.